The van der Waals surface area contributed by atoms with E-state index in [1.54, 1.807) is 20.2 Å². The zero-order chi connectivity index (χ0) is 16.7. The fourth-order valence-corrected chi connectivity index (χ4v) is 2.10. The average molecular weight is 309 g/mol. The fourth-order valence-electron chi connectivity index (χ4n) is 2.10. The standard InChI is InChI=1S/C18H25F2NO/c1-6-12(2)13(3)9-15(22-5)11-18(21-4)16-8-7-14(19)10-17(16)20/h7-13,21H,6H2,1-5H3/b15-9+,18-11-. The molecule has 1 N–H and O–H groups in total. The van der Waals surface area contributed by atoms with Crippen LogP contribution < -0.4 is 5.32 Å². The van der Waals surface area contributed by atoms with Crippen molar-refractivity contribution in [2.45, 2.75) is 27.2 Å². The van der Waals surface area contributed by atoms with E-state index in [-0.39, 0.29) is 0 Å². The second-order valence-corrected chi connectivity index (χ2v) is 5.45. The summed E-state index contributed by atoms with van der Waals surface area (Å²) in [6, 6.07) is 3.53. The Labute approximate surface area is 131 Å². The first kappa shape index (κ1) is 18.2. The molecule has 0 aromatic heterocycles. The Balaban J connectivity index is 3.14. The van der Waals surface area contributed by atoms with Gasteiger partial charge in [0.1, 0.15) is 17.4 Å². The molecular formula is C18H25F2NO. The van der Waals surface area contributed by atoms with Crippen LogP contribution in [0.3, 0.4) is 0 Å². The lowest BCUT2D eigenvalue weighted by molar-refractivity contribution is 0.298. The van der Waals surface area contributed by atoms with Gasteiger partial charge in [0, 0.05) is 30.5 Å². The van der Waals surface area contributed by atoms with E-state index < -0.39 is 11.6 Å². The molecule has 0 saturated heterocycles. The molecule has 0 fully saturated rings. The predicted octanol–water partition coefficient (Wildman–Crippen LogP) is 4.74. The van der Waals surface area contributed by atoms with Crippen LogP contribution in [-0.4, -0.2) is 14.2 Å². The lowest BCUT2D eigenvalue weighted by atomic mass is 9.93. The Hall–Kier alpha value is -1.84. The van der Waals surface area contributed by atoms with Crippen LogP contribution in [0.1, 0.15) is 32.8 Å². The Morgan fingerprint density at radius 1 is 1.32 bits per heavy atom. The number of benzene rings is 1. The largest absolute Gasteiger partial charge is 0.497 e. The summed E-state index contributed by atoms with van der Waals surface area (Å²) in [5.41, 5.74) is 0.852. The van der Waals surface area contributed by atoms with E-state index in [1.165, 1.54) is 12.1 Å². The van der Waals surface area contributed by atoms with Crippen LogP contribution in [0.25, 0.3) is 5.70 Å². The van der Waals surface area contributed by atoms with Gasteiger partial charge in [-0.15, -0.1) is 0 Å². The number of rotatable bonds is 7. The van der Waals surface area contributed by atoms with Crippen LogP contribution in [0, 0.1) is 23.5 Å². The van der Waals surface area contributed by atoms with Crippen molar-refractivity contribution in [1.29, 1.82) is 0 Å². The number of ether oxygens (including phenoxy) is 1. The van der Waals surface area contributed by atoms with Crippen molar-refractivity contribution in [3.63, 3.8) is 0 Å². The van der Waals surface area contributed by atoms with Gasteiger partial charge in [-0.2, -0.15) is 0 Å². The summed E-state index contributed by atoms with van der Waals surface area (Å²) in [4.78, 5) is 0. The molecule has 0 heterocycles. The van der Waals surface area contributed by atoms with Gasteiger partial charge in [-0.1, -0.05) is 27.2 Å². The number of methoxy groups -OCH3 is 1. The van der Waals surface area contributed by atoms with E-state index in [0.717, 1.165) is 12.5 Å². The molecule has 1 rings (SSSR count). The predicted molar refractivity (Wildman–Crippen MR) is 87.1 cm³/mol. The lowest BCUT2D eigenvalue weighted by Gasteiger charge is -2.16. The molecule has 0 aliphatic rings. The first-order chi connectivity index (χ1) is 10.4. The third-order valence-corrected chi connectivity index (χ3v) is 3.98. The fraction of sp³-hybridized carbons (Fsp3) is 0.444. The molecule has 2 unspecified atom stereocenters. The SMILES string of the molecule is CCC(C)C(C)/C=C(\C=C(/NC)c1ccc(F)cc1F)OC. The molecule has 4 heteroatoms. The Morgan fingerprint density at radius 3 is 2.50 bits per heavy atom. The summed E-state index contributed by atoms with van der Waals surface area (Å²) in [7, 11) is 3.28. The zero-order valence-electron chi connectivity index (χ0n) is 13.9. The number of nitrogens with one attached hydrogen (secondary N) is 1. The normalized spacial score (nSPS) is 15.4. The topological polar surface area (TPSA) is 21.3 Å². The molecule has 0 spiro atoms. The molecule has 0 aliphatic carbocycles. The van der Waals surface area contributed by atoms with E-state index in [2.05, 4.69) is 26.1 Å². The Kier molecular flexibility index (Phi) is 7.09. The van der Waals surface area contributed by atoms with E-state index in [9.17, 15) is 8.78 Å². The summed E-state index contributed by atoms with van der Waals surface area (Å²) in [6.45, 7) is 6.44. The van der Waals surface area contributed by atoms with Crippen LogP contribution in [0.2, 0.25) is 0 Å². The van der Waals surface area contributed by atoms with Crippen LogP contribution in [0.4, 0.5) is 8.78 Å². The highest BCUT2D eigenvalue weighted by atomic mass is 19.1. The van der Waals surface area contributed by atoms with Gasteiger partial charge in [0.15, 0.2) is 0 Å². The minimum atomic E-state index is -0.606. The molecule has 2 nitrogen and oxygen atoms in total. The second-order valence-electron chi connectivity index (χ2n) is 5.45. The van der Waals surface area contributed by atoms with Crippen LogP contribution >= 0.6 is 0 Å². The molecule has 0 radical (unpaired) electrons. The van der Waals surface area contributed by atoms with Crippen molar-refractivity contribution in [2.75, 3.05) is 14.2 Å². The highest BCUT2D eigenvalue weighted by Crippen LogP contribution is 2.22. The molecule has 1 aromatic carbocycles. The van der Waals surface area contributed by atoms with E-state index in [0.29, 0.717) is 28.9 Å². The molecule has 0 amide bonds. The van der Waals surface area contributed by atoms with Gasteiger partial charge in [0.25, 0.3) is 0 Å². The number of hydrogen-bond donors (Lipinski definition) is 1. The van der Waals surface area contributed by atoms with Crippen LogP contribution in [0.5, 0.6) is 0 Å². The smallest absolute Gasteiger partial charge is 0.135 e. The van der Waals surface area contributed by atoms with Gasteiger partial charge in [-0.05, 0) is 30.0 Å². The van der Waals surface area contributed by atoms with E-state index in [4.69, 9.17) is 4.74 Å². The number of halogens is 2. The second kappa shape index (κ2) is 8.57. The maximum absolute atomic E-state index is 13.9. The Bertz CT molecular complexity index is 552. The number of allylic oxidation sites excluding steroid dienone is 2. The quantitative estimate of drug-likeness (QED) is 0.580. The summed E-state index contributed by atoms with van der Waals surface area (Å²) < 4.78 is 32.3. The first-order valence-electron chi connectivity index (χ1n) is 7.53. The molecule has 2 atom stereocenters. The lowest BCUT2D eigenvalue weighted by Crippen LogP contribution is -2.09. The molecule has 22 heavy (non-hydrogen) atoms. The van der Waals surface area contributed by atoms with Crippen molar-refractivity contribution in [1.82, 2.24) is 5.32 Å². The van der Waals surface area contributed by atoms with Crippen molar-refractivity contribution in [3.05, 3.63) is 53.3 Å². The van der Waals surface area contributed by atoms with Crippen molar-refractivity contribution in [3.8, 4) is 0 Å². The van der Waals surface area contributed by atoms with Gasteiger partial charge in [0.05, 0.1) is 7.11 Å². The van der Waals surface area contributed by atoms with Crippen molar-refractivity contribution < 1.29 is 13.5 Å². The summed E-state index contributed by atoms with van der Waals surface area (Å²) >= 11 is 0. The van der Waals surface area contributed by atoms with E-state index >= 15 is 0 Å². The Morgan fingerprint density at radius 2 is 2.00 bits per heavy atom. The molecular weight excluding hydrogens is 284 g/mol. The van der Waals surface area contributed by atoms with Gasteiger partial charge >= 0.3 is 0 Å². The van der Waals surface area contributed by atoms with Gasteiger partial charge in [-0.25, -0.2) is 8.78 Å². The van der Waals surface area contributed by atoms with Gasteiger partial charge in [-0.3, -0.25) is 0 Å². The maximum Gasteiger partial charge on any atom is 0.135 e. The molecule has 0 aliphatic heterocycles. The van der Waals surface area contributed by atoms with Gasteiger partial charge < -0.3 is 10.1 Å². The van der Waals surface area contributed by atoms with Crippen molar-refractivity contribution >= 4 is 5.70 Å². The van der Waals surface area contributed by atoms with Crippen molar-refractivity contribution in [2.24, 2.45) is 11.8 Å². The number of hydrogen-bond acceptors (Lipinski definition) is 2. The molecule has 0 saturated carbocycles. The summed E-state index contributed by atoms with van der Waals surface area (Å²) in [5, 5.41) is 2.94. The minimum absolute atomic E-state index is 0.308. The summed E-state index contributed by atoms with van der Waals surface area (Å²) in [5.74, 6) is 0.322. The van der Waals surface area contributed by atoms with Gasteiger partial charge in [0.2, 0.25) is 0 Å². The third kappa shape index (κ3) is 4.86. The molecule has 0 bridgehead atoms. The first-order valence-corrected chi connectivity index (χ1v) is 7.53. The maximum atomic E-state index is 13.9. The van der Waals surface area contributed by atoms with E-state index in [1.807, 2.05) is 6.08 Å². The van der Waals surface area contributed by atoms with Crippen LogP contribution in [-0.2, 0) is 4.74 Å². The minimum Gasteiger partial charge on any atom is -0.497 e. The zero-order valence-corrected chi connectivity index (χ0v) is 13.9. The molecule has 1 aromatic rings. The monoisotopic (exact) mass is 309 g/mol. The summed E-state index contributed by atoms with van der Waals surface area (Å²) in [6.07, 6.45) is 4.83. The average Bonchev–Trinajstić information content (AvgIpc) is 2.50. The highest BCUT2D eigenvalue weighted by Gasteiger charge is 2.11. The highest BCUT2D eigenvalue weighted by molar-refractivity contribution is 5.66. The van der Waals surface area contributed by atoms with Crippen LogP contribution in [0.15, 0.2) is 36.1 Å². The molecule has 122 valence electrons. The third-order valence-electron chi connectivity index (χ3n) is 3.98.